The van der Waals surface area contributed by atoms with E-state index in [1.54, 1.807) is 24.3 Å². The Morgan fingerprint density at radius 1 is 0.939 bits per heavy atom. The number of methoxy groups -OCH3 is 1. The zero-order valence-corrected chi connectivity index (χ0v) is 18.8. The maximum absolute atomic E-state index is 13.2. The Morgan fingerprint density at radius 2 is 1.67 bits per heavy atom. The van der Waals surface area contributed by atoms with Crippen molar-refractivity contribution in [2.24, 2.45) is 0 Å². The second kappa shape index (κ2) is 10.9. The van der Waals surface area contributed by atoms with E-state index in [1.165, 1.54) is 7.11 Å². The molecule has 1 fully saturated rings. The number of rotatable bonds is 8. The number of morpholine rings is 1. The van der Waals surface area contributed by atoms with Crippen LogP contribution >= 0.6 is 0 Å². The zero-order valence-electron chi connectivity index (χ0n) is 18.8. The van der Waals surface area contributed by atoms with Gasteiger partial charge in [-0.2, -0.15) is 0 Å². The van der Waals surface area contributed by atoms with Crippen molar-refractivity contribution in [1.29, 1.82) is 0 Å². The molecule has 4 rings (SSSR count). The lowest BCUT2D eigenvalue weighted by atomic mass is 10.0. The first-order chi connectivity index (χ1) is 16.2. The van der Waals surface area contributed by atoms with Gasteiger partial charge in [0.15, 0.2) is 0 Å². The van der Waals surface area contributed by atoms with Crippen LogP contribution in [0.1, 0.15) is 27.1 Å². The average Bonchev–Trinajstić information content (AvgIpc) is 2.86. The molecule has 1 aliphatic heterocycles. The molecule has 0 atom stereocenters. The van der Waals surface area contributed by atoms with Crippen LogP contribution in [0.5, 0.6) is 5.75 Å². The first-order valence-corrected chi connectivity index (χ1v) is 11.2. The van der Waals surface area contributed by atoms with E-state index in [0.29, 0.717) is 29.1 Å². The molecule has 0 spiro atoms. The number of para-hydroxylation sites is 1. The second-order valence-electron chi connectivity index (χ2n) is 7.93. The SMILES string of the molecule is COc1cccc(C(=O)NCCCN2CCOCC2)c1NC(=O)c1cccc2ccccc12. The van der Waals surface area contributed by atoms with E-state index in [1.807, 2.05) is 36.4 Å². The van der Waals surface area contributed by atoms with E-state index in [0.717, 1.165) is 50.0 Å². The minimum absolute atomic E-state index is 0.246. The smallest absolute Gasteiger partial charge is 0.256 e. The number of nitrogens with one attached hydrogen (secondary N) is 2. The van der Waals surface area contributed by atoms with Crippen molar-refractivity contribution in [2.45, 2.75) is 6.42 Å². The molecule has 0 bridgehead atoms. The molecular weight excluding hydrogens is 418 g/mol. The van der Waals surface area contributed by atoms with Crippen LogP contribution in [0, 0.1) is 0 Å². The molecular formula is C26H29N3O4. The van der Waals surface area contributed by atoms with E-state index in [-0.39, 0.29) is 11.8 Å². The van der Waals surface area contributed by atoms with Gasteiger partial charge >= 0.3 is 0 Å². The van der Waals surface area contributed by atoms with Gasteiger partial charge < -0.3 is 20.1 Å². The lowest BCUT2D eigenvalue weighted by Gasteiger charge is -2.26. The van der Waals surface area contributed by atoms with E-state index < -0.39 is 0 Å². The van der Waals surface area contributed by atoms with Gasteiger partial charge in [-0.3, -0.25) is 14.5 Å². The number of ether oxygens (including phenoxy) is 2. The maximum atomic E-state index is 13.2. The molecule has 2 N–H and O–H groups in total. The van der Waals surface area contributed by atoms with Crippen molar-refractivity contribution in [3.63, 3.8) is 0 Å². The minimum Gasteiger partial charge on any atom is -0.495 e. The van der Waals surface area contributed by atoms with Gasteiger partial charge in [0.2, 0.25) is 0 Å². The number of anilines is 1. The standard InChI is InChI=1S/C26H29N3O4/c1-32-23-12-5-11-22(25(30)27-13-6-14-29-15-17-33-18-16-29)24(23)28-26(31)21-10-4-8-19-7-2-3-9-20(19)21/h2-5,7-12H,6,13-18H2,1H3,(H,27,30)(H,28,31). The molecule has 3 aromatic rings. The average molecular weight is 448 g/mol. The summed E-state index contributed by atoms with van der Waals surface area (Å²) in [6.45, 7) is 4.82. The first kappa shape index (κ1) is 22.8. The molecule has 0 unspecified atom stereocenters. The molecule has 1 aliphatic rings. The third kappa shape index (κ3) is 5.50. The first-order valence-electron chi connectivity index (χ1n) is 11.2. The highest BCUT2D eigenvalue weighted by Gasteiger charge is 2.19. The minimum atomic E-state index is -0.294. The fraction of sp³-hybridized carbons (Fsp3) is 0.308. The summed E-state index contributed by atoms with van der Waals surface area (Å²) >= 11 is 0. The van der Waals surface area contributed by atoms with Gasteiger partial charge in [-0.15, -0.1) is 0 Å². The molecule has 0 radical (unpaired) electrons. The number of nitrogens with zero attached hydrogens (tertiary/aromatic N) is 1. The molecule has 2 amide bonds. The highest BCUT2D eigenvalue weighted by Crippen LogP contribution is 2.30. The lowest BCUT2D eigenvalue weighted by Crippen LogP contribution is -2.38. The molecule has 1 heterocycles. The third-order valence-electron chi connectivity index (χ3n) is 5.80. The van der Waals surface area contributed by atoms with Crippen LogP contribution in [-0.2, 0) is 4.74 Å². The van der Waals surface area contributed by atoms with Crippen molar-refractivity contribution >= 4 is 28.3 Å². The zero-order chi connectivity index (χ0) is 23.0. The number of fused-ring (bicyclic) bond motifs is 1. The van der Waals surface area contributed by atoms with E-state index >= 15 is 0 Å². The number of hydrogen-bond donors (Lipinski definition) is 2. The number of carbonyl (C=O) groups is 2. The van der Waals surface area contributed by atoms with E-state index in [4.69, 9.17) is 9.47 Å². The van der Waals surface area contributed by atoms with Crippen molar-refractivity contribution in [1.82, 2.24) is 10.2 Å². The third-order valence-corrected chi connectivity index (χ3v) is 5.80. The van der Waals surface area contributed by atoms with Crippen molar-refractivity contribution < 1.29 is 19.1 Å². The molecule has 1 saturated heterocycles. The quantitative estimate of drug-likeness (QED) is 0.516. The topological polar surface area (TPSA) is 79.9 Å². The van der Waals surface area contributed by atoms with Crippen LogP contribution in [-0.4, -0.2) is 63.2 Å². The summed E-state index contributed by atoms with van der Waals surface area (Å²) < 4.78 is 10.8. The molecule has 0 aromatic heterocycles. The molecule has 3 aromatic carbocycles. The fourth-order valence-electron chi connectivity index (χ4n) is 4.05. The number of hydrogen-bond acceptors (Lipinski definition) is 5. The Labute approximate surface area is 193 Å². The van der Waals surface area contributed by atoms with Gasteiger partial charge in [-0.25, -0.2) is 0 Å². The summed E-state index contributed by atoms with van der Waals surface area (Å²) in [5.74, 6) is -0.105. The number of amides is 2. The van der Waals surface area contributed by atoms with E-state index in [2.05, 4.69) is 15.5 Å². The van der Waals surface area contributed by atoms with Crippen molar-refractivity contribution in [2.75, 3.05) is 51.8 Å². The van der Waals surface area contributed by atoms with Crippen LogP contribution in [0.4, 0.5) is 5.69 Å². The predicted octanol–water partition coefficient (Wildman–Crippen LogP) is 3.55. The predicted molar refractivity (Wildman–Crippen MR) is 129 cm³/mol. The summed E-state index contributed by atoms with van der Waals surface area (Å²) in [5.41, 5.74) is 1.27. The molecule has 0 aliphatic carbocycles. The van der Waals surface area contributed by atoms with Crippen LogP contribution in [0.15, 0.2) is 60.7 Å². The Bertz CT molecular complexity index is 1120. The van der Waals surface area contributed by atoms with Crippen LogP contribution in [0.2, 0.25) is 0 Å². The van der Waals surface area contributed by atoms with Crippen molar-refractivity contribution in [3.8, 4) is 5.75 Å². The largest absolute Gasteiger partial charge is 0.495 e. The lowest BCUT2D eigenvalue weighted by molar-refractivity contribution is 0.0374. The number of carbonyl (C=O) groups excluding carboxylic acids is 2. The highest BCUT2D eigenvalue weighted by molar-refractivity contribution is 6.15. The normalized spacial score (nSPS) is 14.1. The molecule has 7 nitrogen and oxygen atoms in total. The van der Waals surface area contributed by atoms with Gasteiger partial charge in [-0.1, -0.05) is 42.5 Å². The molecule has 172 valence electrons. The summed E-state index contributed by atoms with van der Waals surface area (Å²) in [6.07, 6.45) is 0.841. The molecule has 0 saturated carbocycles. The van der Waals surface area contributed by atoms with Crippen LogP contribution < -0.4 is 15.4 Å². The van der Waals surface area contributed by atoms with E-state index in [9.17, 15) is 9.59 Å². The van der Waals surface area contributed by atoms with Crippen LogP contribution in [0.3, 0.4) is 0 Å². The van der Waals surface area contributed by atoms with Gasteiger partial charge in [0, 0.05) is 25.2 Å². The van der Waals surface area contributed by atoms with Crippen molar-refractivity contribution in [3.05, 3.63) is 71.8 Å². The summed E-state index contributed by atoms with van der Waals surface area (Å²) in [6, 6.07) is 18.5. The maximum Gasteiger partial charge on any atom is 0.256 e. The summed E-state index contributed by atoms with van der Waals surface area (Å²) in [5, 5.41) is 7.71. The summed E-state index contributed by atoms with van der Waals surface area (Å²) in [4.78, 5) is 28.5. The Hall–Kier alpha value is -3.42. The van der Waals surface area contributed by atoms with Gasteiger partial charge in [0.05, 0.1) is 31.6 Å². The van der Waals surface area contributed by atoms with Crippen LogP contribution in [0.25, 0.3) is 10.8 Å². The Morgan fingerprint density at radius 3 is 2.48 bits per heavy atom. The fourth-order valence-corrected chi connectivity index (χ4v) is 4.05. The monoisotopic (exact) mass is 447 g/mol. The highest BCUT2D eigenvalue weighted by atomic mass is 16.5. The van der Waals surface area contributed by atoms with Gasteiger partial charge in [0.1, 0.15) is 5.75 Å². The van der Waals surface area contributed by atoms with Gasteiger partial charge in [0.25, 0.3) is 11.8 Å². The summed E-state index contributed by atoms with van der Waals surface area (Å²) in [7, 11) is 1.52. The van der Waals surface area contributed by atoms with Gasteiger partial charge in [-0.05, 0) is 41.9 Å². The Balaban J connectivity index is 1.47. The molecule has 33 heavy (non-hydrogen) atoms. The Kier molecular flexibility index (Phi) is 7.55. The molecule has 7 heteroatoms. The second-order valence-corrected chi connectivity index (χ2v) is 7.93. The number of benzene rings is 3.